The summed E-state index contributed by atoms with van der Waals surface area (Å²) in [6, 6.07) is 0. The molecular weight excluding hydrogens is 496 g/mol. The normalized spacial score (nSPS) is 22.1. The zero-order chi connectivity index (χ0) is 30.8. The zero-order valence-corrected chi connectivity index (χ0v) is 27.6. The summed E-state index contributed by atoms with van der Waals surface area (Å²) in [7, 11) is 0. The Kier molecular flexibility index (Phi) is 16.7. The fraction of sp³-hybridized carbons (Fsp3) is 0.400. The van der Waals surface area contributed by atoms with Crippen LogP contribution in [0.1, 0.15) is 94.9 Å². The lowest BCUT2D eigenvalue weighted by atomic mass is 9.88. The fourth-order valence-corrected chi connectivity index (χ4v) is 4.58. The van der Waals surface area contributed by atoms with Crippen molar-refractivity contribution >= 4 is 0 Å². The van der Waals surface area contributed by atoms with E-state index in [2.05, 4.69) is 160 Å². The molecule has 1 heteroatoms. The maximum atomic E-state index is 10.8. The Morgan fingerprint density at radius 3 is 1.63 bits per heavy atom. The topological polar surface area (TPSA) is 20.2 Å². The second kappa shape index (κ2) is 19.1. The van der Waals surface area contributed by atoms with Crippen molar-refractivity contribution < 1.29 is 5.11 Å². The van der Waals surface area contributed by atoms with Crippen LogP contribution in [-0.4, -0.2) is 10.7 Å². The lowest BCUT2D eigenvalue weighted by molar-refractivity contribution is 0.0444. The molecule has 0 aromatic rings. The lowest BCUT2D eigenvalue weighted by Crippen LogP contribution is -2.28. The van der Waals surface area contributed by atoms with Gasteiger partial charge in [0.05, 0.1) is 5.60 Å². The Labute approximate surface area is 252 Å². The molecule has 0 heterocycles. The van der Waals surface area contributed by atoms with Crippen LogP contribution in [0.4, 0.5) is 0 Å². The van der Waals surface area contributed by atoms with Gasteiger partial charge in [-0.2, -0.15) is 0 Å². The molecule has 1 aliphatic carbocycles. The molecule has 2 unspecified atom stereocenters. The predicted octanol–water partition coefficient (Wildman–Crippen LogP) is 11.7. The molecule has 2 atom stereocenters. The molecule has 1 rings (SSSR count). The molecule has 0 spiro atoms. The van der Waals surface area contributed by atoms with Gasteiger partial charge in [0.1, 0.15) is 0 Å². The lowest BCUT2D eigenvalue weighted by Gasteiger charge is -2.24. The van der Waals surface area contributed by atoms with Crippen LogP contribution in [0.25, 0.3) is 0 Å². The molecule has 0 saturated heterocycles. The van der Waals surface area contributed by atoms with Crippen LogP contribution in [0, 0.1) is 5.92 Å². The molecule has 0 radical (unpaired) electrons. The van der Waals surface area contributed by atoms with Gasteiger partial charge >= 0.3 is 0 Å². The SMILES string of the molecule is CC(C)=CCC/C(C)=C/C=C/C(C)=C/C=C/C(C)=C/C=C/C=C(C)/C=C/C=C(C)/C=C/C1C(=C(C)C)CCC1(C)O. The van der Waals surface area contributed by atoms with Crippen LogP contribution < -0.4 is 0 Å². The average Bonchev–Trinajstić information content (AvgIpc) is 3.19. The maximum Gasteiger partial charge on any atom is 0.0722 e. The summed E-state index contributed by atoms with van der Waals surface area (Å²) in [4.78, 5) is 0. The Balaban J connectivity index is 2.60. The van der Waals surface area contributed by atoms with E-state index in [0.717, 1.165) is 25.7 Å². The van der Waals surface area contributed by atoms with Crippen LogP contribution in [0.5, 0.6) is 0 Å². The minimum Gasteiger partial charge on any atom is -0.389 e. The molecule has 222 valence electrons. The van der Waals surface area contributed by atoms with E-state index in [1.165, 1.54) is 44.6 Å². The van der Waals surface area contributed by atoms with E-state index in [-0.39, 0.29) is 5.92 Å². The largest absolute Gasteiger partial charge is 0.389 e. The number of aliphatic hydroxyl groups is 1. The fourth-order valence-electron chi connectivity index (χ4n) is 4.58. The van der Waals surface area contributed by atoms with Crippen molar-refractivity contribution in [1.82, 2.24) is 0 Å². The van der Waals surface area contributed by atoms with Crippen LogP contribution in [0.3, 0.4) is 0 Å². The van der Waals surface area contributed by atoms with Gasteiger partial charge in [0.15, 0.2) is 0 Å². The number of hydrogen-bond acceptors (Lipinski definition) is 1. The van der Waals surface area contributed by atoms with Crippen LogP contribution in [-0.2, 0) is 0 Å². The molecule has 1 saturated carbocycles. The molecule has 1 N–H and O–H groups in total. The minimum atomic E-state index is -0.650. The van der Waals surface area contributed by atoms with Gasteiger partial charge in [-0.25, -0.2) is 0 Å². The van der Waals surface area contributed by atoms with E-state index in [0.29, 0.717) is 0 Å². The Hall–Kier alpha value is -3.16. The average molecular weight is 553 g/mol. The van der Waals surface area contributed by atoms with Gasteiger partial charge in [0.25, 0.3) is 0 Å². The molecule has 1 aliphatic rings. The van der Waals surface area contributed by atoms with Gasteiger partial charge in [-0.15, -0.1) is 0 Å². The van der Waals surface area contributed by atoms with Crippen molar-refractivity contribution in [1.29, 1.82) is 0 Å². The van der Waals surface area contributed by atoms with Crippen molar-refractivity contribution in [2.75, 3.05) is 0 Å². The summed E-state index contributed by atoms with van der Waals surface area (Å²) < 4.78 is 0. The van der Waals surface area contributed by atoms with Crippen molar-refractivity contribution in [3.05, 3.63) is 142 Å². The summed E-state index contributed by atoms with van der Waals surface area (Å²) in [5.74, 6) is 0.106. The van der Waals surface area contributed by atoms with Gasteiger partial charge < -0.3 is 5.11 Å². The van der Waals surface area contributed by atoms with E-state index in [1.54, 1.807) is 0 Å². The smallest absolute Gasteiger partial charge is 0.0722 e. The summed E-state index contributed by atoms with van der Waals surface area (Å²) >= 11 is 0. The van der Waals surface area contributed by atoms with Gasteiger partial charge in [-0.3, -0.25) is 0 Å². The van der Waals surface area contributed by atoms with Gasteiger partial charge in [0, 0.05) is 5.92 Å². The third-order valence-electron chi connectivity index (χ3n) is 7.24. The second-order valence-electron chi connectivity index (χ2n) is 12.2. The van der Waals surface area contributed by atoms with Crippen molar-refractivity contribution in [2.45, 2.75) is 101 Å². The summed E-state index contributed by atoms with van der Waals surface area (Å²) in [5, 5.41) is 10.8. The molecule has 0 aromatic heterocycles. The first-order valence-electron chi connectivity index (χ1n) is 15.1. The standard InChI is InChI=1S/C40H56O/c1-31(2)17-13-20-35(7)23-15-25-36(8)24-14-21-33(5)18-11-12-19-34(6)22-16-26-37(9)27-28-39-38(32(3)4)29-30-40(39,10)41/h11-12,14-19,21-28,39,41H,13,20,29-30H2,1-10H3/b12-11+,21-14+,22-16+,25-15+,28-27+,33-18+,34-19+,35-23+,36-24+,37-26+. The monoisotopic (exact) mass is 552 g/mol. The third kappa shape index (κ3) is 16.0. The highest BCUT2D eigenvalue weighted by molar-refractivity contribution is 5.34. The minimum absolute atomic E-state index is 0.106. The second-order valence-corrected chi connectivity index (χ2v) is 12.2. The molecule has 1 fully saturated rings. The van der Waals surface area contributed by atoms with Crippen LogP contribution >= 0.6 is 0 Å². The van der Waals surface area contributed by atoms with Crippen molar-refractivity contribution in [2.24, 2.45) is 5.92 Å². The molecule has 41 heavy (non-hydrogen) atoms. The first-order chi connectivity index (χ1) is 19.3. The highest BCUT2D eigenvalue weighted by atomic mass is 16.3. The molecule has 1 nitrogen and oxygen atoms in total. The summed E-state index contributed by atoms with van der Waals surface area (Å²) in [6.45, 7) is 21.2. The van der Waals surface area contributed by atoms with Gasteiger partial charge in [0.2, 0.25) is 0 Å². The zero-order valence-electron chi connectivity index (χ0n) is 27.6. The van der Waals surface area contributed by atoms with Crippen molar-refractivity contribution in [3.63, 3.8) is 0 Å². The maximum absolute atomic E-state index is 10.8. The summed E-state index contributed by atoms with van der Waals surface area (Å²) in [5.41, 5.74) is 9.64. The quantitative estimate of drug-likeness (QED) is 0.178. The van der Waals surface area contributed by atoms with Gasteiger partial charge in [-0.1, -0.05) is 142 Å². The first-order valence-corrected chi connectivity index (χ1v) is 15.1. The Bertz CT molecular complexity index is 1210. The number of rotatable bonds is 13. The summed E-state index contributed by atoms with van der Waals surface area (Å²) in [6.07, 6.45) is 38.2. The highest BCUT2D eigenvalue weighted by Gasteiger charge is 2.38. The predicted molar refractivity (Wildman–Crippen MR) is 185 cm³/mol. The molecule has 0 amide bonds. The number of hydrogen-bond donors (Lipinski definition) is 1. The van der Waals surface area contributed by atoms with E-state index >= 15 is 0 Å². The van der Waals surface area contributed by atoms with Crippen molar-refractivity contribution in [3.8, 4) is 0 Å². The Morgan fingerprint density at radius 2 is 1.15 bits per heavy atom. The van der Waals surface area contributed by atoms with E-state index < -0.39 is 5.60 Å². The highest BCUT2D eigenvalue weighted by Crippen LogP contribution is 2.42. The van der Waals surface area contributed by atoms with Crippen LogP contribution in [0.2, 0.25) is 0 Å². The van der Waals surface area contributed by atoms with Gasteiger partial charge in [-0.05, 0) is 94.9 Å². The van der Waals surface area contributed by atoms with E-state index in [4.69, 9.17) is 0 Å². The molecule has 0 bridgehead atoms. The molecule has 0 aromatic carbocycles. The van der Waals surface area contributed by atoms with Crippen LogP contribution in [0.15, 0.2) is 142 Å². The Morgan fingerprint density at radius 1 is 0.683 bits per heavy atom. The van der Waals surface area contributed by atoms with E-state index in [9.17, 15) is 5.11 Å². The number of allylic oxidation sites excluding steroid dienone is 22. The third-order valence-corrected chi connectivity index (χ3v) is 7.24. The molecular formula is C40H56O. The molecule has 0 aliphatic heterocycles. The first kappa shape index (κ1) is 35.9. The van der Waals surface area contributed by atoms with E-state index in [1.807, 2.05) is 6.92 Å².